The van der Waals surface area contributed by atoms with Crippen LogP contribution >= 0.6 is 11.8 Å². The molecule has 0 aliphatic carbocycles. The summed E-state index contributed by atoms with van der Waals surface area (Å²) in [5.41, 5.74) is 1.25. The van der Waals surface area contributed by atoms with Crippen LogP contribution in [0.15, 0.2) is 29.3 Å². The van der Waals surface area contributed by atoms with Gasteiger partial charge in [-0.1, -0.05) is 23.9 Å². The summed E-state index contributed by atoms with van der Waals surface area (Å²) in [4.78, 5) is 4.63. The molecule has 0 amide bonds. The quantitative estimate of drug-likeness (QED) is 0.910. The van der Waals surface area contributed by atoms with Crippen molar-refractivity contribution in [1.82, 2.24) is 5.32 Å². The van der Waals surface area contributed by atoms with Crippen LogP contribution in [0.3, 0.4) is 0 Å². The van der Waals surface area contributed by atoms with E-state index in [1.165, 1.54) is 12.0 Å². The standard InChI is InChI=1S/C14H20N2OS/c1-10-8-9-18-14(15-10)16-11(2)12-4-6-13(17-3)7-5-12/h4-7,10-11H,8-9H2,1-3H3,(H,15,16). The maximum Gasteiger partial charge on any atom is 0.157 e. The zero-order valence-corrected chi connectivity index (χ0v) is 12.0. The van der Waals surface area contributed by atoms with Crippen LogP contribution in [0.1, 0.15) is 31.9 Å². The van der Waals surface area contributed by atoms with Crippen molar-refractivity contribution in [3.8, 4) is 5.75 Å². The molecule has 1 aliphatic heterocycles. The number of aliphatic imine (C=N–C) groups is 1. The van der Waals surface area contributed by atoms with Gasteiger partial charge in [0, 0.05) is 5.75 Å². The van der Waals surface area contributed by atoms with E-state index in [0.29, 0.717) is 6.04 Å². The number of thioether (sulfide) groups is 1. The van der Waals surface area contributed by atoms with E-state index < -0.39 is 0 Å². The minimum absolute atomic E-state index is 0.271. The summed E-state index contributed by atoms with van der Waals surface area (Å²) in [6.45, 7) is 4.32. The molecule has 0 saturated heterocycles. The average Bonchev–Trinajstić information content (AvgIpc) is 2.39. The predicted molar refractivity (Wildman–Crippen MR) is 78.5 cm³/mol. The van der Waals surface area contributed by atoms with Crippen LogP contribution in [0.25, 0.3) is 0 Å². The van der Waals surface area contributed by atoms with Crippen molar-refractivity contribution in [3.05, 3.63) is 29.8 Å². The van der Waals surface area contributed by atoms with Gasteiger partial charge in [0.05, 0.1) is 19.2 Å². The number of ether oxygens (including phenoxy) is 1. The van der Waals surface area contributed by atoms with Gasteiger partial charge in [0.25, 0.3) is 0 Å². The minimum Gasteiger partial charge on any atom is -0.497 e. The molecule has 2 unspecified atom stereocenters. The topological polar surface area (TPSA) is 33.6 Å². The van der Waals surface area contributed by atoms with Gasteiger partial charge in [-0.3, -0.25) is 4.99 Å². The summed E-state index contributed by atoms with van der Waals surface area (Å²) in [5.74, 6) is 2.05. The molecule has 1 heterocycles. The SMILES string of the molecule is COc1ccc(C(C)NC2=NC(C)CCS2)cc1. The first-order valence-electron chi connectivity index (χ1n) is 6.30. The molecule has 3 nitrogen and oxygen atoms in total. The molecular weight excluding hydrogens is 244 g/mol. The molecule has 1 aromatic rings. The van der Waals surface area contributed by atoms with Crippen molar-refractivity contribution < 1.29 is 4.74 Å². The molecule has 0 aromatic heterocycles. The fourth-order valence-corrected chi connectivity index (χ4v) is 3.04. The van der Waals surface area contributed by atoms with Crippen LogP contribution in [0, 0.1) is 0 Å². The van der Waals surface area contributed by atoms with Gasteiger partial charge in [-0.2, -0.15) is 0 Å². The van der Waals surface area contributed by atoms with Gasteiger partial charge in [-0.25, -0.2) is 0 Å². The number of nitrogens with one attached hydrogen (secondary N) is 1. The predicted octanol–water partition coefficient (Wildman–Crippen LogP) is 3.23. The maximum atomic E-state index is 5.16. The highest BCUT2D eigenvalue weighted by molar-refractivity contribution is 8.13. The molecule has 4 heteroatoms. The molecule has 0 spiro atoms. The number of benzene rings is 1. The Morgan fingerprint density at radius 2 is 2.11 bits per heavy atom. The van der Waals surface area contributed by atoms with E-state index in [2.05, 4.69) is 36.3 Å². The van der Waals surface area contributed by atoms with Crippen molar-refractivity contribution >= 4 is 16.9 Å². The lowest BCUT2D eigenvalue weighted by Gasteiger charge is -2.21. The number of hydrogen-bond acceptors (Lipinski definition) is 4. The molecule has 1 aromatic carbocycles. The van der Waals surface area contributed by atoms with Crippen LogP contribution in [-0.4, -0.2) is 24.1 Å². The van der Waals surface area contributed by atoms with Crippen LogP contribution in [0.5, 0.6) is 5.75 Å². The Bertz CT molecular complexity index is 416. The second kappa shape index (κ2) is 6.14. The zero-order valence-electron chi connectivity index (χ0n) is 11.1. The molecule has 2 atom stereocenters. The van der Waals surface area contributed by atoms with E-state index in [9.17, 15) is 0 Å². The van der Waals surface area contributed by atoms with Crippen molar-refractivity contribution in [3.63, 3.8) is 0 Å². The Labute approximate surface area is 113 Å². The van der Waals surface area contributed by atoms with E-state index in [-0.39, 0.29) is 6.04 Å². The Morgan fingerprint density at radius 1 is 1.39 bits per heavy atom. The first-order chi connectivity index (χ1) is 8.69. The third-order valence-corrected chi connectivity index (χ3v) is 4.00. The van der Waals surface area contributed by atoms with Crippen LogP contribution in [0.4, 0.5) is 0 Å². The minimum atomic E-state index is 0.271. The molecule has 18 heavy (non-hydrogen) atoms. The molecule has 0 bridgehead atoms. The first kappa shape index (κ1) is 13.3. The number of hydrogen-bond donors (Lipinski definition) is 1. The summed E-state index contributed by atoms with van der Waals surface area (Å²) in [6, 6.07) is 8.88. The molecule has 0 fully saturated rings. The van der Waals surface area contributed by atoms with Gasteiger partial charge in [0.15, 0.2) is 5.17 Å². The van der Waals surface area contributed by atoms with Crippen LogP contribution in [-0.2, 0) is 0 Å². The Hall–Kier alpha value is -1.16. The van der Waals surface area contributed by atoms with Crippen molar-refractivity contribution in [2.24, 2.45) is 4.99 Å². The van der Waals surface area contributed by atoms with E-state index in [0.717, 1.165) is 16.7 Å². The Kier molecular flexibility index (Phi) is 4.53. The van der Waals surface area contributed by atoms with Gasteiger partial charge in [0.1, 0.15) is 5.75 Å². The molecule has 0 saturated carbocycles. The summed E-state index contributed by atoms with van der Waals surface area (Å²) in [6.07, 6.45) is 1.17. The third-order valence-electron chi connectivity index (χ3n) is 3.07. The second-order valence-electron chi connectivity index (χ2n) is 4.56. The number of methoxy groups -OCH3 is 1. The summed E-state index contributed by atoms with van der Waals surface area (Å²) < 4.78 is 5.16. The number of nitrogens with zero attached hydrogens (tertiary/aromatic N) is 1. The van der Waals surface area contributed by atoms with Gasteiger partial charge in [-0.15, -0.1) is 0 Å². The normalized spacial score (nSPS) is 21.1. The van der Waals surface area contributed by atoms with Gasteiger partial charge in [-0.05, 0) is 38.0 Å². The van der Waals surface area contributed by atoms with Crippen molar-refractivity contribution in [2.75, 3.05) is 12.9 Å². The van der Waals surface area contributed by atoms with E-state index >= 15 is 0 Å². The lowest BCUT2D eigenvalue weighted by molar-refractivity contribution is 0.414. The van der Waals surface area contributed by atoms with Crippen LogP contribution < -0.4 is 10.1 Å². The lowest BCUT2D eigenvalue weighted by Crippen LogP contribution is -2.28. The summed E-state index contributed by atoms with van der Waals surface area (Å²) >= 11 is 1.81. The molecule has 1 aliphatic rings. The molecular formula is C14H20N2OS. The highest BCUT2D eigenvalue weighted by atomic mass is 32.2. The number of amidine groups is 1. The largest absolute Gasteiger partial charge is 0.497 e. The van der Waals surface area contributed by atoms with Crippen molar-refractivity contribution in [1.29, 1.82) is 0 Å². The average molecular weight is 264 g/mol. The number of rotatable bonds is 3. The first-order valence-corrected chi connectivity index (χ1v) is 7.28. The Morgan fingerprint density at radius 3 is 2.72 bits per heavy atom. The monoisotopic (exact) mass is 264 g/mol. The second-order valence-corrected chi connectivity index (χ2v) is 5.64. The molecule has 2 rings (SSSR count). The van der Waals surface area contributed by atoms with Gasteiger partial charge >= 0.3 is 0 Å². The van der Waals surface area contributed by atoms with Gasteiger partial charge in [0.2, 0.25) is 0 Å². The van der Waals surface area contributed by atoms with E-state index in [4.69, 9.17) is 4.74 Å². The van der Waals surface area contributed by atoms with Crippen molar-refractivity contribution in [2.45, 2.75) is 32.4 Å². The fourth-order valence-electron chi connectivity index (χ4n) is 1.87. The third kappa shape index (κ3) is 3.42. The highest BCUT2D eigenvalue weighted by Gasteiger charge is 2.14. The summed E-state index contributed by atoms with van der Waals surface area (Å²) in [5, 5.41) is 4.54. The maximum absolute atomic E-state index is 5.16. The lowest BCUT2D eigenvalue weighted by atomic mass is 10.1. The smallest absolute Gasteiger partial charge is 0.157 e. The molecule has 98 valence electrons. The highest BCUT2D eigenvalue weighted by Crippen LogP contribution is 2.21. The fraction of sp³-hybridized carbons (Fsp3) is 0.500. The zero-order chi connectivity index (χ0) is 13.0. The van der Waals surface area contributed by atoms with Crippen LogP contribution in [0.2, 0.25) is 0 Å². The molecule has 1 N–H and O–H groups in total. The Balaban J connectivity index is 2.00. The molecule has 0 radical (unpaired) electrons. The van der Waals surface area contributed by atoms with E-state index in [1.54, 1.807) is 7.11 Å². The van der Waals surface area contributed by atoms with Gasteiger partial charge < -0.3 is 10.1 Å². The van der Waals surface area contributed by atoms with E-state index in [1.807, 2.05) is 23.9 Å². The summed E-state index contributed by atoms with van der Waals surface area (Å²) in [7, 11) is 1.69.